The number of carbonyl (C=O) groups excluding carboxylic acids is 2. The minimum Gasteiger partial charge on any atom is -0.504 e. The van der Waals surface area contributed by atoms with Crippen LogP contribution in [-0.2, 0) is 27.3 Å². The second-order valence-corrected chi connectivity index (χ2v) is 32.6. The fraction of sp³-hybridized carbons (Fsp3) is 0.739. The van der Waals surface area contributed by atoms with Gasteiger partial charge in [0.05, 0.1) is 12.2 Å². The average molecular weight is 1200 g/mol. The van der Waals surface area contributed by atoms with Gasteiger partial charge in [-0.1, -0.05) is 77.3 Å². The molecule has 17 rings (SSSR count). The van der Waals surface area contributed by atoms with Gasteiger partial charge >= 0.3 is 5.97 Å². The number of hydrogen-bond donors (Lipinski definition) is 7. The molecule has 6 heterocycles. The monoisotopic (exact) mass is 1200 g/mol. The van der Waals surface area contributed by atoms with Crippen LogP contribution in [0.15, 0.2) is 58.5 Å². The van der Waals surface area contributed by atoms with E-state index < -0.39 is 28.8 Å². The Morgan fingerprint density at radius 3 is 2.48 bits per heavy atom. The highest BCUT2D eigenvalue weighted by atomic mass is 33.1. The second kappa shape index (κ2) is 22.4. The molecule has 16 unspecified atom stereocenters. The number of aliphatic imine (C=N–C) groups is 2. The molecule has 6 spiro atoms. The molecule has 0 aromatic heterocycles. The molecule has 8 saturated carbocycles. The number of nitrogens with two attached hydrogens (primary N) is 3. The molecule has 9 aliphatic carbocycles. The Kier molecular flexibility index (Phi) is 15.4. The van der Waals surface area contributed by atoms with E-state index in [0.29, 0.717) is 80.8 Å². The summed E-state index contributed by atoms with van der Waals surface area (Å²) in [6.07, 6.45) is 29.8. The molecule has 462 valence electrons. The Hall–Kier alpha value is -4.12. The number of allylic oxidation sites excluding steroid dienone is 1. The fourth-order valence-corrected chi connectivity index (χ4v) is 26.4. The Morgan fingerprint density at radius 2 is 1.67 bits per heavy atom. The van der Waals surface area contributed by atoms with Crippen LogP contribution < -0.4 is 27.3 Å². The van der Waals surface area contributed by atoms with Gasteiger partial charge < -0.3 is 52.2 Å². The Labute approximate surface area is 512 Å². The molecular weight excluding hydrogens is 1100 g/mol. The predicted molar refractivity (Wildman–Crippen MR) is 337 cm³/mol. The lowest BCUT2D eigenvalue weighted by molar-refractivity contribution is -0.173. The van der Waals surface area contributed by atoms with Crippen LogP contribution in [-0.4, -0.2) is 97.7 Å². The van der Waals surface area contributed by atoms with Crippen molar-refractivity contribution >= 4 is 45.4 Å². The van der Waals surface area contributed by atoms with Crippen LogP contribution in [0, 0.1) is 57.2 Å². The number of rotatable bonds is 5. The maximum absolute atomic E-state index is 15.0. The van der Waals surface area contributed by atoms with Crippen molar-refractivity contribution in [3.8, 4) is 11.5 Å². The topological polar surface area (TPSA) is 231 Å². The van der Waals surface area contributed by atoms with Gasteiger partial charge in [0.15, 0.2) is 23.4 Å². The van der Waals surface area contributed by atoms with Gasteiger partial charge in [-0.2, -0.15) is 0 Å². The highest BCUT2D eigenvalue weighted by molar-refractivity contribution is 8.77. The maximum Gasteiger partial charge on any atom is 0.303 e. The van der Waals surface area contributed by atoms with Gasteiger partial charge in [-0.05, 0) is 212 Å². The number of ether oxygens (including phenoxy) is 2. The minimum absolute atomic E-state index is 0.0396. The lowest BCUT2D eigenvalue weighted by atomic mass is 9.49. The Balaban J connectivity index is 0.855. The smallest absolute Gasteiger partial charge is 0.303 e. The number of aliphatic hydroxyl groups excluding tert-OH is 2. The number of aliphatic hydroxyl groups is 2. The highest BCUT2D eigenvalue weighted by Crippen LogP contribution is 2.72. The number of benzene rings is 2. The number of nitrogens with one attached hydrogen (secondary N) is 1. The zero-order valence-corrected chi connectivity index (χ0v) is 52.2. The summed E-state index contributed by atoms with van der Waals surface area (Å²) in [4.78, 5) is 40.0. The van der Waals surface area contributed by atoms with Crippen molar-refractivity contribution in [2.24, 2.45) is 84.4 Å². The third-order valence-corrected chi connectivity index (χ3v) is 29.6. The second-order valence-electron chi connectivity index (χ2n) is 29.9. The first-order valence-corrected chi connectivity index (χ1v) is 35.9. The van der Waals surface area contributed by atoms with Gasteiger partial charge in [0, 0.05) is 90.9 Å². The first-order chi connectivity index (χ1) is 41.0. The van der Waals surface area contributed by atoms with E-state index in [-0.39, 0.29) is 86.8 Å². The van der Waals surface area contributed by atoms with Crippen molar-refractivity contribution in [1.82, 2.24) is 10.2 Å². The lowest BCUT2D eigenvalue weighted by Gasteiger charge is -2.57. The van der Waals surface area contributed by atoms with Gasteiger partial charge in [-0.15, -0.1) is 0 Å². The number of guanidine groups is 2. The molecule has 6 aliphatic heterocycles. The van der Waals surface area contributed by atoms with Gasteiger partial charge in [0.1, 0.15) is 16.1 Å². The summed E-state index contributed by atoms with van der Waals surface area (Å²) in [5.74, 6) is 3.56. The van der Waals surface area contributed by atoms with E-state index in [1.807, 2.05) is 4.90 Å². The summed E-state index contributed by atoms with van der Waals surface area (Å²) in [6.45, 7) is 3.37. The highest BCUT2D eigenvalue weighted by Gasteiger charge is 2.67. The Bertz CT molecular complexity index is 2970. The van der Waals surface area contributed by atoms with Gasteiger partial charge in [0.25, 0.3) is 0 Å². The molecule has 10 N–H and O–H groups in total. The molecule has 0 radical (unpaired) electrons. The number of phenols is 1. The summed E-state index contributed by atoms with van der Waals surface area (Å²) < 4.78 is 13.8. The maximum atomic E-state index is 15.0. The molecule has 85 heavy (non-hydrogen) atoms. The number of phenolic OH excluding ortho intramolecular Hbond substituents is 1. The van der Waals surface area contributed by atoms with Crippen LogP contribution in [0.5, 0.6) is 11.5 Å². The predicted octanol–water partition coefficient (Wildman–Crippen LogP) is 11.4. The minimum atomic E-state index is -0.887. The molecule has 1 amide bonds. The van der Waals surface area contributed by atoms with Crippen LogP contribution in [0.3, 0.4) is 0 Å². The number of hydrogen-bond acceptors (Lipinski definition) is 13. The number of aromatic hydroxyl groups is 1. The van der Waals surface area contributed by atoms with E-state index in [1.54, 1.807) is 0 Å². The molecule has 15 aliphatic rings. The van der Waals surface area contributed by atoms with Crippen LogP contribution in [0.1, 0.15) is 214 Å². The zero-order valence-electron chi connectivity index (χ0n) is 50.6. The third-order valence-electron chi connectivity index (χ3n) is 26.3. The van der Waals surface area contributed by atoms with Crippen LogP contribution in [0.4, 0.5) is 0 Å². The van der Waals surface area contributed by atoms with E-state index in [1.165, 1.54) is 44.6 Å². The van der Waals surface area contributed by atoms with Crippen molar-refractivity contribution in [1.29, 1.82) is 0 Å². The zero-order chi connectivity index (χ0) is 58.6. The molecule has 2 aromatic carbocycles. The molecule has 14 nitrogen and oxygen atoms in total. The number of aryl methyl sites for hydroxylation is 1. The molecular formula is C69H97N7O7S2. The number of nitrogens with zero attached hydrogens (tertiary/aromatic N) is 3. The molecule has 16 atom stereocenters. The van der Waals surface area contributed by atoms with Crippen molar-refractivity contribution in [2.75, 3.05) is 25.4 Å². The van der Waals surface area contributed by atoms with Crippen LogP contribution in [0.25, 0.3) is 0 Å². The molecule has 1 saturated heterocycles. The van der Waals surface area contributed by atoms with Crippen LogP contribution in [0.2, 0.25) is 0 Å². The van der Waals surface area contributed by atoms with Gasteiger partial charge in [0.2, 0.25) is 5.91 Å². The summed E-state index contributed by atoms with van der Waals surface area (Å²) in [7, 11) is 4.11. The standard InChI is InChI=1S/C69H97N7O7S2/c1-43(77)82-64-29-17-46-34-49(58(80)59-57(46)47-19-32-68(83-59)27-7-12-50(68)35-47)40-76-42-65(38-56(76)79)51(15-16-54(65)44-10-3-2-4-11-44)39-74-62(72)75-69(28-8-24-63(69)22-5-6-23-63)85-84-41-52-14-13-48(53(20-30-64)55(78)37-64)36-67(52)26-9-25-66(67)31-18-45(60(66)81)21-33-73-61(70)71/h2-4,10-11,19,32,34,45,47-48,50-55,60,78,80-81H,5-9,12-18,20-31,33,35-42H2,1H3,(H4,70,71,73)(H3,72,74,75). The normalized spacial score (nSPS) is 41.9. The first kappa shape index (κ1) is 58.6. The summed E-state index contributed by atoms with van der Waals surface area (Å²) >= 11 is 0. The van der Waals surface area contributed by atoms with Crippen molar-refractivity contribution in [3.05, 3.63) is 70.8 Å². The molecule has 9 fully saturated rings. The van der Waals surface area contributed by atoms with Crippen LogP contribution >= 0.6 is 21.6 Å². The number of fused-ring (bicyclic) bond motifs is 1. The molecule has 2 aromatic rings. The lowest BCUT2D eigenvalue weighted by Crippen LogP contribution is -2.56. The average Bonchev–Trinajstić information content (AvgIpc) is 1.80. The fourth-order valence-electron chi connectivity index (χ4n) is 22.5. The van der Waals surface area contributed by atoms with Gasteiger partial charge in [-0.25, -0.2) is 0 Å². The van der Waals surface area contributed by atoms with Crippen molar-refractivity contribution in [3.63, 3.8) is 0 Å². The summed E-state index contributed by atoms with van der Waals surface area (Å²) in [5.41, 5.74) is 21.1. The van der Waals surface area contributed by atoms with Gasteiger partial charge in [-0.3, -0.25) is 19.6 Å². The summed E-state index contributed by atoms with van der Waals surface area (Å²) in [5, 5.41) is 42.7. The summed E-state index contributed by atoms with van der Waals surface area (Å²) in [6, 6.07) is 13.0. The number of esters is 1. The van der Waals surface area contributed by atoms with Crippen molar-refractivity contribution < 1.29 is 34.4 Å². The number of amides is 1. The van der Waals surface area contributed by atoms with Crippen molar-refractivity contribution in [2.45, 2.75) is 233 Å². The van der Waals surface area contributed by atoms with E-state index in [2.05, 4.69) is 80.4 Å². The van der Waals surface area contributed by atoms with E-state index in [4.69, 9.17) is 31.7 Å². The largest absolute Gasteiger partial charge is 0.504 e. The number of carbonyl (C=O) groups is 2. The third kappa shape index (κ3) is 9.75. The van der Waals surface area contributed by atoms with E-state index >= 15 is 4.79 Å². The van der Waals surface area contributed by atoms with E-state index in [0.717, 1.165) is 132 Å². The Morgan fingerprint density at radius 1 is 0.871 bits per heavy atom. The molecule has 10 bridgehead atoms. The molecule has 16 heteroatoms. The first-order valence-electron chi connectivity index (χ1n) is 33.6. The quantitative estimate of drug-likeness (QED) is 0.0486. The SMILES string of the molecule is CC(=O)OC12CCc3cc(c(O)c4c3C3C=CC5(CCCC5C3)O4)CN3CC4(CC3=O)C(CCC4c3ccccc3)CN=C(N)NC3(CCCC34CCCC4)SSCC3CCC(CC34CCCC43CCC(CCN=C(N)N)C3O)C(CC1)C(O)C2. The van der Waals surface area contributed by atoms with E-state index in [9.17, 15) is 20.1 Å².